The van der Waals surface area contributed by atoms with E-state index in [2.05, 4.69) is 5.32 Å². The second-order valence-electron chi connectivity index (χ2n) is 6.81. The zero-order chi connectivity index (χ0) is 17.1. The zero-order valence-corrected chi connectivity index (χ0v) is 13.6. The molecular formula is C18H23FN2O3. The molecule has 5 nitrogen and oxygen atoms in total. The molecule has 0 bridgehead atoms. The third kappa shape index (κ3) is 3.86. The van der Waals surface area contributed by atoms with Gasteiger partial charge in [0.15, 0.2) is 0 Å². The van der Waals surface area contributed by atoms with Crippen LogP contribution < -0.4 is 5.32 Å². The Morgan fingerprint density at radius 1 is 1.08 bits per heavy atom. The van der Waals surface area contributed by atoms with Crippen LogP contribution >= 0.6 is 0 Å². The summed E-state index contributed by atoms with van der Waals surface area (Å²) < 4.78 is 13.0. The molecule has 2 atom stereocenters. The van der Waals surface area contributed by atoms with Crippen molar-refractivity contribution in [2.24, 2.45) is 5.92 Å². The molecule has 2 amide bonds. The molecule has 2 unspecified atom stereocenters. The summed E-state index contributed by atoms with van der Waals surface area (Å²) >= 11 is 0. The van der Waals surface area contributed by atoms with Gasteiger partial charge in [-0.25, -0.2) is 9.18 Å². The molecule has 1 aromatic carbocycles. The number of amides is 2. The molecule has 2 aliphatic rings. The minimum atomic E-state index is -0.770. The third-order valence-electron chi connectivity index (χ3n) is 5.23. The highest BCUT2D eigenvalue weighted by Gasteiger charge is 2.31. The van der Waals surface area contributed by atoms with Crippen molar-refractivity contribution >= 4 is 12.0 Å². The predicted octanol–water partition coefficient (Wildman–Crippen LogP) is 2.97. The fourth-order valence-electron chi connectivity index (χ4n) is 3.75. The normalized spacial score (nSPS) is 24.8. The average Bonchev–Trinajstić information content (AvgIpc) is 3.04. The van der Waals surface area contributed by atoms with E-state index >= 15 is 0 Å². The lowest BCUT2D eigenvalue weighted by Gasteiger charge is -2.31. The first-order valence-electron chi connectivity index (χ1n) is 8.56. The van der Waals surface area contributed by atoms with Gasteiger partial charge >= 0.3 is 12.0 Å². The zero-order valence-electron chi connectivity index (χ0n) is 13.6. The van der Waals surface area contributed by atoms with Gasteiger partial charge in [-0.05, 0) is 55.7 Å². The molecule has 0 radical (unpaired) electrons. The SMILES string of the molecule is O=C(O)C1CCN(C(=O)NC2CCC(c3ccc(F)cc3)C2)CC1. The summed E-state index contributed by atoms with van der Waals surface area (Å²) in [7, 11) is 0. The Hall–Kier alpha value is -2.11. The molecule has 1 saturated heterocycles. The number of nitrogens with zero attached hydrogens (tertiary/aromatic N) is 1. The highest BCUT2D eigenvalue weighted by Crippen LogP contribution is 2.34. The van der Waals surface area contributed by atoms with Crippen molar-refractivity contribution in [2.75, 3.05) is 13.1 Å². The molecule has 0 spiro atoms. The Morgan fingerprint density at radius 2 is 1.75 bits per heavy atom. The summed E-state index contributed by atoms with van der Waals surface area (Å²) in [5.41, 5.74) is 1.12. The number of hydrogen-bond acceptors (Lipinski definition) is 2. The van der Waals surface area contributed by atoms with Crippen LogP contribution in [0.4, 0.5) is 9.18 Å². The van der Waals surface area contributed by atoms with Gasteiger partial charge in [0.1, 0.15) is 5.82 Å². The van der Waals surface area contributed by atoms with E-state index in [4.69, 9.17) is 5.11 Å². The number of halogens is 1. The van der Waals surface area contributed by atoms with Gasteiger partial charge in [-0.3, -0.25) is 4.79 Å². The monoisotopic (exact) mass is 334 g/mol. The first kappa shape index (κ1) is 16.7. The standard InChI is InChI=1S/C18H23FN2O3/c19-15-4-1-12(2-5-15)14-3-6-16(11-14)20-18(24)21-9-7-13(8-10-21)17(22)23/h1-2,4-5,13-14,16H,3,6-11H2,(H,20,24)(H,22,23). The lowest BCUT2D eigenvalue weighted by Crippen LogP contribution is -2.48. The van der Waals surface area contributed by atoms with Crippen LogP contribution in [0.25, 0.3) is 0 Å². The van der Waals surface area contributed by atoms with Gasteiger partial charge in [-0.2, -0.15) is 0 Å². The fraction of sp³-hybridized carbons (Fsp3) is 0.556. The van der Waals surface area contributed by atoms with Crippen molar-refractivity contribution in [2.45, 2.75) is 44.1 Å². The second kappa shape index (κ2) is 7.20. The van der Waals surface area contributed by atoms with E-state index < -0.39 is 5.97 Å². The van der Waals surface area contributed by atoms with Gasteiger partial charge in [0, 0.05) is 19.1 Å². The van der Waals surface area contributed by atoms with Crippen molar-refractivity contribution < 1.29 is 19.1 Å². The summed E-state index contributed by atoms with van der Waals surface area (Å²) in [6.07, 6.45) is 3.80. The van der Waals surface area contributed by atoms with E-state index in [9.17, 15) is 14.0 Å². The number of nitrogens with one attached hydrogen (secondary N) is 1. The van der Waals surface area contributed by atoms with Crippen LogP contribution in [0, 0.1) is 11.7 Å². The van der Waals surface area contributed by atoms with Crippen LogP contribution in [0.1, 0.15) is 43.6 Å². The minimum absolute atomic E-state index is 0.0939. The lowest BCUT2D eigenvalue weighted by atomic mass is 9.97. The topological polar surface area (TPSA) is 69.6 Å². The molecule has 1 aliphatic heterocycles. The fourth-order valence-corrected chi connectivity index (χ4v) is 3.75. The Kier molecular flexibility index (Phi) is 5.02. The van der Waals surface area contributed by atoms with Crippen LogP contribution in [-0.2, 0) is 4.79 Å². The number of likely N-dealkylation sites (tertiary alicyclic amines) is 1. The van der Waals surface area contributed by atoms with Gasteiger partial charge < -0.3 is 15.3 Å². The molecule has 2 N–H and O–H groups in total. The maximum Gasteiger partial charge on any atom is 0.317 e. The van der Waals surface area contributed by atoms with E-state index in [0.717, 1.165) is 24.8 Å². The quantitative estimate of drug-likeness (QED) is 0.893. The number of carbonyl (C=O) groups excluding carboxylic acids is 1. The van der Waals surface area contributed by atoms with Crippen molar-refractivity contribution in [3.8, 4) is 0 Å². The molecule has 3 rings (SSSR count). The average molecular weight is 334 g/mol. The van der Waals surface area contributed by atoms with Crippen LogP contribution in [-0.4, -0.2) is 41.1 Å². The number of urea groups is 1. The maximum atomic E-state index is 13.0. The second-order valence-corrected chi connectivity index (χ2v) is 6.81. The molecular weight excluding hydrogens is 311 g/mol. The van der Waals surface area contributed by atoms with E-state index in [1.807, 2.05) is 12.1 Å². The Morgan fingerprint density at radius 3 is 2.38 bits per heavy atom. The Balaban J connectivity index is 1.48. The molecule has 1 saturated carbocycles. The molecule has 1 aromatic rings. The van der Waals surface area contributed by atoms with Crippen LogP contribution in [0.3, 0.4) is 0 Å². The van der Waals surface area contributed by atoms with Gasteiger partial charge in [0.25, 0.3) is 0 Å². The number of carboxylic acid groups (broad SMARTS) is 1. The minimum Gasteiger partial charge on any atom is -0.481 e. The van der Waals surface area contributed by atoms with Crippen LogP contribution in [0.2, 0.25) is 0 Å². The predicted molar refractivity (Wildman–Crippen MR) is 87.2 cm³/mol. The molecule has 24 heavy (non-hydrogen) atoms. The van der Waals surface area contributed by atoms with E-state index in [0.29, 0.717) is 31.8 Å². The molecule has 6 heteroatoms. The molecule has 1 aliphatic carbocycles. The summed E-state index contributed by atoms with van der Waals surface area (Å²) in [5, 5.41) is 12.1. The van der Waals surface area contributed by atoms with Crippen LogP contribution in [0.15, 0.2) is 24.3 Å². The maximum absolute atomic E-state index is 13.0. The molecule has 2 fully saturated rings. The molecule has 0 aromatic heterocycles. The number of benzene rings is 1. The highest BCUT2D eigenvalue weighted by molar-refractivity contribution is 5.75. The van der Waals surface area contributed by atoms with Crippen molar-refractivity contribution in [1.82, 2.24) is 10.2 Å². The smallest absolute Gasteiger partial charge is 0.317 e. The largest absolute Gasteiger partial charge is 0.481 e. The number of rotatable bonds is 3. The van der Waals surface area contributed by atoms with Crippen molar-refractivity contribution in [3.05, 3.63) is 35.6 Å². The van der Waals surface area contributed by atoms with Crippen molar-refractivity contribution in [1.29, 1.82) is 0 Å². The number of hydrogen-bond donors (Lipinski definition) is 2. The summed E-state index contributed by atoms with van der Waals surface area (Å²) in [6.45, 7) is 0.994. The highest BCUT2D eigenvalue weighted by atomic mass is 19.1. The summed E-state index contributed by atoms with van der Waals surface area (Å²) in [5.74, 6) is -0.976. The third-order valence-corrected chi connectivity index (χ3v) is 5.23. The first-order chi connectivity index (χ1) is 11.5. The van der Waals surface area contributed by atoms with Gasteiger partial charge in [-0.1, -0.05) is 12.1 Å². The summed E-state index contributed by atoms with van der Waals surface area (Å²) in [4.78, 5) is 25.0. The molecule has 1 heterocycles. The van der Waals surface area contributed by atoms with Gasteiger partial charge in [0.2, 0.25) is 0 Å². The van der Waals surface area contributed by atoms with E-state index in [1.165, 1.54) is 12.1 Å². The van der Waals surface area contributed by atoms with Gasteiger partial charge in [-0.15, -0.1) is 0 Å². The number of carboxylic acids is 1. The first-order valence-corrected chi connectivity index (χ1v) is 8.56. The molecule has 130 valence electrons. The van der Waals surface area contributed by atoms with Crippen molar-refractivity contribution in [3.63, 3.8) is 0 Å². The summed E-state index contributed by atoms with van der Waals surface area (Å²) in [6, 6.07) is 6.64. The lowest BCUT2D eigenvalue weighted by molar-refractivity contribution is -0.143. The van der Waals surface area contributed by atoms with Crippen LogP contribution in [0.5, 0.6) is 0 Å². The Bertz CT molecular complexity index is 597. The number of aliphatic carboxylic acids is 1. The van der Waals surface area contributed by atoms with E-state index in [-0.39, 0.29) is 23.8 Å². The van der Waals surface area contributed by atoms with E-state index in [1.54, 1.807) is 4.90 Å². The Labute approximate surface area is 140 Å². The number of piperidine rings is 1. The number of carbonyl (C=O) groups is 2. The van der Waals surface area contributed by atoms with Gasteiger partial charge in [0.05, 0.1) is 5.92 Å².